The number of hydrogen-bond acceptors (Lipinski definition) is 3. The summed E-state index contributed by atoms with van der Waals surface area (Å²) >= 11 is 0. The second kappa shape index (κ2) is 18.0. The first-order chi connectivity index (χ1) is 14.2. The normalized spacial score (nSPS) is 10.2. The molecule has 1 aromatic carbocycles. The Morgan fingerprint density at radius 1 is 0.759 bits per heavy atom. The number of esters is 1. The van der Waals surface area contributed by atoms with Crippen molar-refractivity contribution in [1.82, 2.24) is 0 Å². The van der Waals surface area contributed by atoms with Crippen LogP contribution in [0.3, 0.4) is 0 Å². The Bertz CT molecular complexity index is 610. The van der Waals surface area contributed by atoms with Gasteiger partial charge < -0.3 is 4.74 Å². The van der Waals surface area contributed by atoms with Gasteiger partial charge in [0.2, 0.25) is 0 Å². The fourth-order valence-electron chi connectivity index (χ4n) is 3.14. The maximum absolute atomic E-state index is 11.9. The van der Waals surface area contributed by atoms with E-state index in [0.29, 0.717) is 12.0 Å². The van der Waals surface area contributed by atoms with Gasteiger partial charge in [-0.15, -0.1) is 11.8 Å². The molecule has 0 aliphatic rings. The Morgan fingerprint density at radius 2 is 1.31 bits per heavy atom. The number of Topliss-reactive ketones (excluding diaryl/α,β-unsaturated/α-hetero) is 1. The van der Waals surface area contributed by atoms with Crippen molar-refractivity contribution in [3.8, 4) is 11.8 Å². The zero-order chi connectivity index (χ0) is 21.0. The molecule has 0 amide bonds. The molecule has 0 saturated heterocycles. The fraction of sp³-hybridized carbons (Fsp3) is 0.615. The van der Waals surface area contributed by atoms with Crippen molar-refractivity contribution in [2.45, 2.75) is 96.8 Å². The van der Waals surface area contributed by atoms with E-state index in [9.17, 15) is 9.59 Å². The Labute approximate surface area is 177 Å². The van der Waals surface area contributed by atoms with E-state index >= 15 is 0 Å². The Balaban J connectivity index is 1.90. The Hall–Kier alpha value is -2.08. The van der Waals surface area contributed by atoms with Crippen LogP contribution in [0.25, 0.3) is 0 Å². The summed E-state index contributed by atoms with van der Waals surface area (Å²) in [6.45, 7) is 2.06. The Morgan fingerprint density at radius 3 is 1.93 bits per heavy atom. The molecule has 0 spiro atoms. The van der Waals surface area contributed by atoms with E-state index in [0.717, 1.165) is 12.8 Å². The summed E-state index contributed by atoms with van der Waals surface area (Å²) in [4.78, 5) is 23.5. The quantitative estimate of drug-likeness (QED) is 0.132. The van der Waals surface area contributed by atoms with Gasteiger partial charge in [-0.05, 0) is 6.42 Å². The van der Waals surface area contributed by atoms with E-state index in [4.69, 9.17) is 4.74 Å². The number of ether oxygens (including phenoxy) is 1. The van der Waals surface area contributed by atoms with Crippen molar-refractivity contribution in [2.24, 2.45) is 0 Å². The lowest BCUT2D eigenvalue weighted by Gasteiger charge is -2.03. The van der Waals surface area contributed by atoms with Gasteiger partial charge in [-0.1, -0.05) is 101 Å². The third-order valence-electron chi connectivity index (χ3n) is 4.94. The predicted molar refractivity (Wildman–Crippen MR) is 120 cm³/mol. The van der Waals surface area contributed by atoms with Crippen molar-refractivity contribution >= 4 is 11.8 Å². The molecule has 0 aliphatic heterocycles. The molecule has 0 atom stereocenters. The lowest BCUT2D eigenvalue weighted by Crippen LogP contribution is -2.13. The molecule has 0 heterocycles. The van der Waals surface area contributed by atoms with Crippen LogP contribution in [-0.2, 0) is 9.53 Å². The van der Waals surface area contributed by atoms with E-state index < -0.39 is 0 Å². The van der Waals surface area contributed by atoms with Crippen molar-refractivity contribution in [3.05, 3.63) is 35.9 Å². The van der Waals surface area contributed by atoms with Crippen LogP contribution in [0, 0.1) is 11.8 Å². The minimum Gasteiger partial charge on any atom is -0.457 e. The molecule has 3 heteroatoms. The highest BCUT2D eigenvalue weighted by Crippen LogP contribution is 2.11. The second-order valence-corrected chi connectivity index (χ2v) is 7.59. The van der Waals surface area contributed by atoms with Gasteiger partial charge in [0.05, 0.1) is 6.42 Å². The average molecular weight is 399 g/mol. The van der Waals surface area contributed by atoms with Gasteiger partial charge in [0.15, 0.2) is 12.4 Å². The van der Waals surface area contributed by atoms with Crippen LogP contribution in [0.15, 0.2) is 30.3 Å². The minimum atomic E-state index is -0.363. The van der Waals surface area contributed by atoms with Gasteiger partial charge in [-0.3, -0.25) is 9.59 Å². The van der Waals surface area contributed by atoms with E-state index in [1.165, 1.54) is 64.2 Å². The molecule has 3 nitrogen and oxygen atoms in total. The maximum atomic E-state index is 11.9. The van der Waals surface area contributed by atoms with Crippen molar-refractivity contribution in [1.29, 1.82) is 0 Å². The van der Waals surface area contributed by atoms with Gasteiger partial charge in [0.25, 0.3) is 0 Å². The van der Waals surface area contributed by atoms with Crippen molar-refractivity contribution < 1.29 is 14.3 Å². The molecule has 0 bridgehead atoms. The molecule has 0 saturated carbocycles. The first kappa shape index (κ1) is 25.0. The molecule has 1 aromatic rings. The highest BCUT2D eigenvalue weighted by molar-refractivity contribution is 5.97. The largest absolute Gasteiger partial charge is 0.457 e. The van der Waals surface area contributed by atoms with Gasteiger partial charge >= 0.3 is 5.97 Å². The zero-order valence-electron chi connectivity index (χ0n) is 18.2. The van der Waals surface area contributed by atoms with Gasteiger partial charge in [-0.25, -0.2) is 0 Å². The van der Waals surface area contributed by atoms with Crippen LogP contribution in [0.1, 0.15) is 107 Å². The first-order valence-corrected chi connectivity index (χ1v) is 11.4. The molecule has 0 N–H and O–H groups in total. The highest BCUT2D eigenvalue weighted by Gasteiger charge is 2.08. The third-order valence-corrected chi connectivity index (χ3v) is 4.94. The zero-order valence-corrected chi connectivity index (χ0v) is 18.2. The highest BCUT2D eigenvalue weighted by atomic mass is 16.5. The van der Waals surface area contributed by atoms with Crippen LogP contribution in [0.4, 0.5) is 0 Å². The number of hydrogen-bond donors (Lipinski definition) is 0. The topological polar surface area (TPSA) is 43.4 Å². The van der Waals surface area contributed by atoms with Crippen LogP contribution < -0.4 is 0 Å². The van der Waals surface area contributed by atoms with Gasteiger partial charge in [-0.2, -0.15) is 0 Å². The van der Waals surface area contributed by atoms with Gasteiger partial charge in [0, 0.05) is 18.4 Å². The number of rotatable bonds is 16. The summed E-state index contributed by atoms with van der Waals surface area (Å²) in [5, 5.41) is 0. The minimum absolute atomic E-state index is 0.179. The summed E-state index contributed by atoms with van der Waals surface area (Å²) in [5.41, 5.74) is 0.562. The second-order valence-electron chi connectivity index (χ2n) is 7.59. The molecular formula is C26H38O3. The van der Waals surface area contributed by atoms with Crippen LogP contribution in [-0.4, -0.2) is 18.4 Å². The number of unbranched alkanes of at least 4 members (excludes halogenated alkanes) is 11. The lowest BCUT2D eigenvalue weighted by atomic mass is 10.1. The number of carbonyl (C=O) groups excluding carboxylic acids is 2. The van der Waals surface area contributed by atoms with E-state index in [1.807, 2.05) is 6.07 Å². The maximum Gasteiger partial charge on any atom is 0.307 e. The molecule has 1 rings (SSSR count). The molecule has 160 valence electrons. The smallest absolute Gasteiger partial charge is 0.307 e. The fourth-order valence-corrected chi connectivity index (χ4v) is 3.14. The van der Waals surface area contributed by atoms with Crippen LogP contribution in [0.5, 0.6) is 0 Å². The van der Waals surface area contributed by atoms with Crippen LogP contribution >= 0.6 is 0 Å². The van der Waals surface area contributed by atoms with E-state index in [-0.39, 0.29) is 24.8 Å². The van der Waals surface area contributed by atoms with Gasteiger partial charge in [0.1, 0.15) is 0 Å². The summed E-state index contributed by atoms with van der Waals surface area (Å²) in [6, 6.07) is 8.87. The van der Waals surface area contributed by atoms with E-state index in [1.54, 1.807) is 24.3 Å². The van der Waals surface area contributed by atoms with Crippen molar-refractivity contribution in [2.75, 3.05) is 6.61 Å². The first-order valence-electron chi connectivity index (χ1n) is 11.4. The third kappa shape index (κ3) is 14.6. The molecule has 0 aromatic heterocycles. The van der Waals surface area contributed by atoms with Crippen molar-refractivity contribution in [3.63, 3.8) is 0 Å². The average Bonchev–Trinajstić information content (AvgIpc) is 2.75. The number of ketones is 1. The number of carbonyl (C=O) groups is 2. The number of benzene rings is 1. The molecular weight excluding hydrogens is 360 g/mol. The summed E-state index contributed by atoms with van der Waals surface area (Å²) in [6.07, 6.45) is 16.3. The molecule has 0 fully saturated rings. The lowest BCUT2D eigenvalue weighted by molar-refractivity contribution is -0.142. The standard InChI is InChI=1S/C26H38O3/c1-2-3-4-5-6-7-8-9-10-11-12-13-14-15-19-22-26(28)29-23-25(27)24-20-17-16-18-21-24/h16-18,20-21H,2-13,19,22-23H2,1H3. The van der Waals surface area contributed by atoms with Crippen LogP contribution in [0.2, 0.25) is 0 Å². The van der Waals surface area contributed by atoms with E-state index in [2.05, 4.69) is 18.8 Å². The molecule has 0 aliphatic carbocycles. The summed E-state index contributed by atoms with van der Waals surface area (Å²) < 4.78 is 5.02. The summed E-state index contributed by atoms with van der Waals surface area (Å²) in [7, 11) is 0. The summed E-state index contributed by atoms with van der Waals surface area (Å²) in [5.74, 6) is 5.63. The monoisotopic (exact) mass is 398 g/mol. The molecule has 0 radical (unpaired) electrons. The molecule has 29 heavy (non-hydrogen) atoms. The predicted octanol–water partition coefficient (Wildman–Crippen LogP) is 6.90. The molecule has 0 unspecified atom stereocenters. The Kier molecular flexibility index (Phi) is 15.5. The SMILES string of the molecule is CCCCCCCCCCCCCC#CCCC(=O)OCC(=O)c1ccccc1.